The average Bonchev–Trinajstić information content (AvgIpc) is 3.33. The van der Waals surface area contributed by atoms with Crippen molar-refractivity contribution in [3.63, 3.8) is 0 Å². The molecular weight excluding hydrogens is 500 g/mol. The normalized spacial score (nSPS) is 18.9. The highest BCUT2D eigenvalue weighted by atomic mass is 32.2. The van der Waals surface area contributed by atoms with Crippen LogP contribution in [0.5, 0.6) is 0 Å². The van der Waals surface area contributed by atoms with E-state index in [2.05, 4.69) is 20.8 Å². The molecule has 0 spiro atoms. The highest BCUT2D eigenvalue weighted by molar-refractivity contribution is 8.01. The molecule has 0 radical (unpaired) electrons. The second kappa shape index (κ2) is 10.5. The molecule has 10 nitrogen and oxygen atoms in total. The molecule has 3 aromatic rings. The molecule has 2 atom stereocenters. The highest BCUT2D eigenvalue weighted by Crippen LogP contribution is 2.42. The minimum Gasteiger partial charge on any atom is -0.456 e. The van der Waals surface area contributed by atoms with Crippen LogP contribution in [-0.2, 0) is 28.0 Å². The third-order valence-electron chi connectivity index (χ3n) is 5.73. The van der Waals surface area contributed by atoms with Crippen molar-refractivity contribution in [2.24, 2.45) is 7.05 Å². The number of carbonyl (C=O) groups excluding carboxylic acids is 3. The Morgan fingerprint density at radius 2 is 1.86 bits per heavy atom. The van der Waals surface area contributed by atoms with Crippen molar-refractivity contribution in [1.29, 1.82) is 0 Å². The first-order chi connectivity index (χ1) is 17.5. The summed E-state index contributed by atoms with van der Waals surface area (Å²) >= 11 is 2.87. The number of ether oxygens (including phenoxy) is 1. The Labute approximate surface area is 215 Å². The van der Waals surface area contributed by atoms with Crippen LogP contribution < -0.4 is 5.32 Å². The van der Waals surface area contributed by atoms with Gasteiger partial charge in [-0.05, 0) is 33.7 Å². The Bertz CT molecular complexity index is 1310. The summed E-state index contributed by atoms with van der Waals surface area (Å²) in [4.78, 5) is 40.6. The molecular formula is C24H22N6O4S2. The first-order valence-electron chi connectivity index (χ1n) is 11.1. The average molecular weight is 523 g/mol. The molecule has 1 fully saturated rings. The molecule has 2 aliphatic rings. The fourth-order valence-electron chi connectivity index (χ4n) is 3.88. The van der Waals surface area contributed by atoms with Gasteiger partial charge in [-0.25, -0.2) is 9.48 Å². The Morgan fingerprint density at radius 1 is 1.14 bits per heavy atom. The van der Waals surface area contributed by atoms with Gasteiger partial charge in [0, 0.05) is 24.1 Å². The van der Waals surface area contributed by atoms with E-state index in [4.69, 9.17) is 4.74 Å². The number of β-lactam (4-membered cyclic amide) rings is 1. The molecule has 0 bridgehead atoms. The molecule has 1 N–H and O–H groups in total. The molecule has 184 valence electrons. The van der Waals surface area contributed by atoms with E-state index in [-0.39, 0.29) is 24.1 Å². The number of tetrazole rings is 1. The highest BCUT2D eigenvalue weighted by Gasteiger charge is 2.54. The van der Waals surface area contributed by atoms with Gasteiger partial charge >= 0.3 is 5.97 Å². The van der Waals surface area contributed by atoms with E-state index < -0.39 is 17.4 Å². The van der Waals surface area contributed by atoms with Gasteiger partial charge < -0.3 is 10.1 Å². The first kappa shape index (κ1) is 24.1. The van der Waals surface area contributed by atoms with E-state index in [1.165, 1.54) is 28.4 Å². The third kappa shape index (κ3) is 4.86. The summed E-state index contributed by atoms with van der Waals surface area (Å²) in [5.74, 6) is -0.333. The van der Waals surface area contributed by atoms with E-state index in [0.29, 0.717) is 22.2 Å². The van der Waals surface area contributed by atoms with Crippen LogP contribution in [0, 0.1) is 0 Å². The lowest BCUT2D eigenvalue weighted by atomic mass is 10.0. The maximum absolute atomic E-state index is 13.3. The number of nitrogens with zero attached hydrogens (tertiary/aromatic N) is 5. The molecule has 12 heteroatoms. The molecule has 2 amide bonds. The number of fused-ring (bicyclic) bond motifs is 1. The van der Waals surface area contributed by atoms with Crippen LogP contribution in [0.2, 0.25) is 0 Å². The van der Waals surface area contributed by atoms with Gasteiger partial charge in [0.05, 0.1) is 0 Å². The number of carbonyl (C=O) groups is 3. The van der Waals surface area contributed by atoms with E-state index in [1.54, 1.807) is 36.0 Å². The number of esters is 1. The summed E-state index contributed by atoms with van der Waals surface area (Å²) in [5.41, 5.74) is 2.30. The summed E-state index contributed by atoms with van der Waals surface area (Å²) in [7, 11) is 1.73. The molecule has 2 aliphatic heterocycles. The number of nitrogens with one attached hydrogen (secondary N) is 1. The Hall–Kier alpha value is -3.64. The minimum atomic E-state index is -0.725. The molecule has 5 rings (SSSR count). The van der Waals surface area contributed by atoms with Crippen LogP contribution in [0.4, 0.5) is 0 Å². The third-order valence-corrected chi connectivity index (χ3v) is 8.17. The molecule has 1 unspecified atom stereocenters. The molecule has 0 saturated carbocycles. The zero-order chi connectivity index (χ0) is 25.1. The van der Waals surface area contributed by atoms with Crippen molar-refractivity contribution >= 4 is 41.3 Å². The van der Waals surface area contributed by atoms with Gasteiger partial charge in [-0.1, -0.05) is 60.3 Å². The molecule has 1 saturated heterocycles. The van der Waals surface area contributed by atoms with Crippen LogP contribution in [0.3, 0.4) is 0 Å². The molecule has 36 heavy (non-hydrogen) atoms. The van der Waals surface area contributed by atoms with Crippen LogP contribution in [0.25, 0.3) is 0 Å². The van der Waals surface area contributed by atoms with Gasteiger partial charge in [-0.3, -0.25) is 14.5 Å². The predicted molar refractivity (Wildman–Crippen MR) is 134 cm³/mol. The first-order valence-corrected chi connectivity index (χ1v) is 13.1. The minimum absolute atomic E-state index is 0.0881. The van der Waals surface area contributed by atoms with Crippen LogP contribution in [0.15, 0.2) is 77.1 Å². The van der Waals surface area contributed by atoms with Gasteiger partial charge in [0.1, 0.15) is 23.7 Å². The lowest BCUT2D eigenvalue weighted by Gasteiger charge is -2.49. The largest absolute Gasteiger partial charge is 0.456 e. The van der Waals surface area contributed by atoms with Crippen molar-refractivity contribution in [2.45, 2.75) is 23.2 Å². The monoisotopic (exact) mass is 522 g/mol. The van der Waals surface area contributed by atoms with E-state index >= 15 is 0 Å². The van der Waals surface area contributed by atoms with E-state index in [9.17, 15) is 14.4 Å². The van der Waals surface area contributed by atoms with Crippen LogP contribution >= 0.6 is 23.5 Å². The quantitative estimate of drug-likeness (QED) is 0.269. The van der Waals surface area contributed by atoms with Crippen molar-refractivity contribution in [2.75, 3.05) is 11.5 Å². The smallest absolute Gasteiger partial charge is 0.355 e. The molecule has 0 aliphatic carbocycles. The zero-order valence-electron chi connectivity index (χ0n) is 19.2. The SMILES string of the molecule is Cn1nnnc1SCC1=C(C(=O)OCc2ccccc2)N2C(=O)C(NC(=O)c3ccccc3)[C@@H]2SC1. The lowest BCUT2D eigenvalue weighted by Crippen LogP contribution is -2.70. The Kier molecular flexibility index (Phi) is 7.05. The lowest BCUT2D eigenvalue weighted by molar-refractivity contribution is -0.152. The van der Waals surface area contributed by atoms with Crippen LogP contribution in [0.1, 0.15) is 15.9 Å². The number of rotatable bonds is 8. The second-order valence-electron chi connectivity index (χ2n) is 8.11. The number of benzene rings is 2. The Balaban J connectivity index is 1.35. The van der Waals surface area contributed by atoms with E-state index in [0.717, 1.165) is 11.1 Å². The Morgan fingerprint density at radius 3 is 2.56 bits per heavy atom. The number of hydrogen-bond acceptors (Lipinski definition) is 9. The van der Waals surface area contributed by atoms with Gasteiger partial charge in [0.25, 0.3) is 11.8 Å². The van der Waals surface area contributed by atoms with Gasteiger partial charge in [-0.15, -0.1) is 16.9 Å². The predicted octanol–water partition coefficient (Wildman–Crippen LogP) is 2.01. The number of aromatic nitrogens is 4. The van der Waals surface area contributed by atoms with Crippen LogP contribution in [-0.4, -0.2) is 65.8 Å². The van der Waals surface area contributed by atoms with Gasteiger partial charge in [0.15, 0.2) is 0 Å². The van der Waals surface area contributed by atoms with Crippen molar-refractivity contribution in [1.82, 2.24) is 30.4 Å². The number of amides is 2. The summed E-state index contributed by atoms with van der Waals surface area (Å²) in [6.45, 7) is 0.0881. The summed E-state index contributed by atoms with van der Waals surface area (Å²) in [6.07, 6.45) is 0. The maximum atomic E-state index is 13.3. The van der Waals surface area contributed by atoms with Crippen molar-refractivity contribution in [3.05, 3.63) is 83.1 Å². The van der Waals surface area contributed by atoms with Crippen molar-refractivity contribution in [3.8, 4) is 0 Å². The second-order valence-corrected chi connectivity index (χ2v) is 10.2. The van der Waals surface area contributed by atoms with E-state index in [1.807, 2.05) is 36.4 Å². The topological polar surface area (TPSA) is 119 Å². The summed E-state index contributed by atoms with van der Waals surface area (Å²) < 4.78 is 7.15. The van der Waals surface area contributed by atoms with Crippen molar-refractivity contribution < 1.29 is 19.1 Å². The van der Waals surface area contributed by atoms with Gasteiger partial charge in [-0.2, -0.15) is 0 Å². The fourth-order valence-corrected chi connectivity index (χ4v) is 6.22. The van der Waals surface area contributed by atoms with Gasteiger partial charge in [0.2, 0.25) is 5.16 Å². The standard InChI is InChI=1S/C24H22N6O4S2/c1-29-24(26-27-28-29)36-14-17-13-35-22-18(25-20(31)16-10-6-3-7-11-16)21(32)30(22)19(17)23(33)34-12-15-8-4-2-5-9-15/h2-11,18,22H,12-14H2,1H3,(H,25,31)/t18?,22-/m0/s1. The fraction of sp³-hybridized carbons (Fsp3) is 0.250. The number of thioether (sulfide) groups is 2. The molecule has 2 aromatic carbocycles. The summed E-state index contributed by atoms with van der Waals surface area (Å²) in [6, 6.07) is 17.3. The number of aryl methyl sites for hydroxylation is 1. The maximum Gasteiger partial charge on any atom is 0.355 e. The summed E-state index contributed by atoms with van der Waals surface area (Å²) in [5, 5.41) is 14.5. The zero-order valence-corrected chi connectivity index (χ0v) is 20.9. The molecule has 1 aromatic heterocycles. The number of hydrogen-bond donors (Lipinski definition) is 1. The molecule has 3 heterocycles.